The number of hydrogen-bond acceptors (Lipinski definition) is 4. The van der Waals surface area contributed by atoms with Gasteiger partial charge in [-0.15, -0.1) is 0 Å². The van der Waals surface area contributed by atoms with E-state index >= 15 is 0 Å². The van der Waals surface area contributed by atoms with Gasteiger partial charge in [0.05, 0.1) is 6.54 Å². The highest BCUT2D eigenvalue weighted by molar-refractivity contribution is 6.30. The van der Waals surface area contributed by atoms with Crippen LogP contribution < -0.4 is 10.6 Å². The van der Waals surface area contributed by atoms with Crippen LogP contribution in [0.3, 0.4) is 0 Å². The van der Waals surface area contributed by atoms with Crippen molar-refractivity contribution in [3.8, 4) is 11.3 Å². The average Bonchev–Trinajstić information content (AvgIpc) is 3.02. The van der Waals surface area contributed by atoms with E-state index in [0.717, 1.165) is 12.0 Å². The molecule has 1 aromatic carbocycles. The van der Waals surface area contributed by atoms with Crippen LogP contribution in [0.25, 0.3) is 11.3 Å². The van der Waals surface area contributed by atoms with Gasteiger partial charge in [-0.25, -0.2) is 0 Å². The third kappa shape index (κ3) is 3.90. The molecule has 120 valence electrons. The maximum Gasteiger partial charge on any atom is 0.242 e. The summed E-state index contributed by atoms with van der Waals surface area (Å²) in [6.45, 7) is 0.252. The van der Waals surface area contributed by atoms with Crippen molar-refractivity contribution in [1.82, 2.24) is 15.8 Å². The molecule has 0 saturated carbocycles. The second-order valence-electron chi connectivity index (χ2n) is 5.42. The Balaban J connectivity index is 1.57. The molecule has 0 aliphatic carbocycles. The number of amides is 2. The largest absolute Gasteiger partial charge is 0.356 e. The third-order valence-corrected chi connectivity index (χ3v) is 3.93. The van der Waals surface area contributed by atoms with Gasteiger partial charge in [-0.1, -0.05) is 16.8 Å². The minimum absolute atomic E-state index is 0.0807. The summed E-state index contributed by atoms with van der Waals surface area (Å²) in [4.78, 5) is 23.3. The summed E-state index contributed by atoms with van der Waals surface area (Å²) in [5, 5.41) is 10.0. The Hall–Kier alpha value is -2.34. The lowest BCUT2D eigenvalue weighted by Crippen LogP contribution is -2.48. The molecule has 3 rings (SSSR count). The van der Waals surface area contributed by atoms with Crippen LogP contribution in [0.4, 0.5) is 0 Å². The van der Waals surface area contributed by atoms with Crippen LogP contribution in [-0.4, -0.2) is 23.0 Å². The van der Waals surface area contributed by atoms with E-state index in [0.29, 0.717) is 29.3 Å². The van der Waals surface area contributed by atoms with E-state index < -0.39 is 6.04 Å². The normalized spacial score (nSPS) is 17.6. The Kier molecular flexibility index (Phi) is 4.62. The Labute approximate surface area is 138 Å². The van der Waals surface area contributed by atoms with Crippen molar-refractivity contribution in [1.29, 1.82) is 0 Å². The zero-order valence-corrected chi connectivity index (χ0v) is 13.1. The summed E-state index contributed by atoms with van der Waals surface area (Å²) in [7, 11) is 0. The Morgan fingerprint density at radius 1 is 1.39 bits per heavy atom. The number of nitrogens with one attached hydrogen (secondary N) is 2. The molecule has 0 spiro atoms. The van der Waals surface area contributed by atoms with E-state index in [1.165, 1.54) is 0 Å². The van der Waals surface area contributed by atoms with Crippen LogP contribution in [-0.2, 0) is 16.1 Å². The van der Waals surface area contributed by atoms with Crippen LogP contribution in [0.15, 0.2) is 34.9 Å². The van der Waals surface area contributed by atoms with Crippen molar-refractivity contribution in [2.75, 3.05) is 0 Å². The highest BCUT2D eigenvalue weighted by Gasteiger charge is 2.24. The number of benzene rings is 1. The fraction of sp³-hybridized carbons (Fsp3) is 0.312. The molecule has 7 heteroatoms. The smallest absolute Gasteiger partial charge is 0.242 e. The molecule has 0 unspecified atom stereocenters. The minimum atomic E-state index is -0.459. The SMILES string of the molecule is O=C1CCC[C@H](C(=O)NCc2cc(-c3ccc(Cl)cc3)on2)N1. The van der Waals surface area contributed by atoms with Crippen LogP contribution in [0, 0.1) is 0 Å². The van der Waals surface area contributed by atoms with E-state index in [2.05, 4.69) is 15.8 Å². The van der Waals surface area contributed by atoms with Crippen molar-refractivity contribution in [3.63, 3.8) is 0 Å². The number of halogens is 1. The maximum atomic E-state index is 12.0. The summed E-state index contributed by atoms with van der Waals surface area (Å²) in [5.41, 5.74) is 1.48. The van der Waals surface area contributed by atoms with Gasteiger partial charge in [0.1, 0.15) is 11.7 Å². The lowest BCUT2D eigenvalue weighted by atomic mass is 10.0. The summed E-state index contributed by atoms with van der Waals surface area (Å²) in [6.07, 6.45) is 1.87. The first-order chi connectivity index (χ1) is 11.1. The van der Waals surface area contributed by atoms with Crippen molar-refractivity contribution in [2.45, 2.75) is 31.8 Å². The Bertz CT molecular complexity index is 712. The van der Waals surface area contributed by atoms with Crippen LogP contribution in [0.1, 0.15) is 25.0 Å². The molecule has 23 heavy (non-hydrogen) atoms. The van der Waals surface area contributed by atoms with Crippen molar-refractivity contribution in [2.24, 2.45) is 0 Å². The number of carbonyl (C=O) groups is 2. The number of aromatic nitrogens is 1. The van der Waals surface area contributed by atoms with Crippen molar-refractivity contribution in [3.05, 3.63) is 41.0 Å². The van der Waals surface area contributed by atoms with Crippen molar-refractivity contribution < 1.29 is 14.1 Å². The highest BCUT2D eigenvalue weighted by Crippen LogP contribution is 2.22. The predicted octanol–water partition coefficient (Wildman–Crippen LogP) is 2.28. The van der Waals surface area contributed by atoms with Crippen LogP contribution >= 0.6 is 11.6 Å². The minimum Gasteiger partial charge on any atom is -0.356 e. The lowest BCUT2D eigenvalue weighted by Gasteiger charge is -2.21. The summed E-state index contributed by atoms with van der Waals surface area (Å²) >= 11 is 5.85. The lowest BCUT2D eigenvalue weighted by molar-refractivity contribution is -0.131. The monoisotopic (exact) mass is 333 g/mol. The zero-order chi connectivity index (χ0) is 16.2. The number of hydrogen-bond donors (Lipinski definition) is 2. The fourth-order valence-electron chi connectivity index (χ4n) is 2.45. The van der Waals surface area contributed by atoms with Crippen LogP contribution in [0.2, 0.25) is 5.02 Å². The molecule has 6 nitrogen and oxygen atoms in total. The molecule has 1 fully saturated rings. The highest BCUT2D eigenvalue weighted by atomic mass is 35.5. The van der Waals surface area contributed by atoms with Gasteiger partial charge in [0.25, 0.3) is 0 Å². The van der Waals surface area contributed by atoms with Gasteiger partial charge in [0, 0.05) is 23.1 Å². The maximum absolute atomic E-state index is 12.0. The number of carbonyl (C=O) groups excluding carboxylic acids is 2. The van der Waals surface area contributed by atoms with E-state index in [1.54, 1.807) is 18.2 Å². The van der Waals surface area contributed by atoms with Gasteiger partial charge in [0.15, 0.2) is 5.76 Å². The van der Waals surface area contributed by atoms with Gasteiger partial charge in [-0.05, 0) is 37.1 Å². The molecule has 0 radical (unpaired) electrons. The second-order valence-corrected chi connectivity index (χ2v) is 5.86. The first kappa shape index (κ1) is 15.6. The molecule has 0 bridgehead atoms. The zero-order valence-electron chi connectivity index (χ0n) is 12.3. The number of rotatable bonds is 4. The molecule has 1 aliphatic heterocycles. The van der Waals surface area contributed by atoms with Gasteiger partial charge in [-0.2, -0.15) is 0 Å². The molecular formula is C16H16ClN3O3. The first-order valence-electron chi connectivity index (χ1n) is 7.40. The fourth-order valence-corrected chi connectivity index (χ4v) is 2.57. The molecule has 2 aromatic rings. The van der Waals surface area contributed by atoms with E-state index in [1.807, 2.05) is 12.1 Å². The Morgan fingerprint density at radius 2 is 2.17 bits per heavy atom. The topological polar surface area (TPSA) is 84.2 Å². The summed E-state index contributed by atoms with van der Waals surface area (Å²) in [6, 6.07) is 8.52. The molecular weight excluding hydrogens is 318 g/mol. The van der Waals surface area contributed by atoms with Gasteiger partial charge in [-0.3, -0.25) is 9.59 Å². The van der Waals surface area contributed by atoms with E-state index in [4.69, 9.17) is 16.1 Å². The van der Waals surface area contributed by atoms with Crippen molar-refractivity contribution >= 4 is 23.4 Å². The predicted molar refractivity (Wildman–Crippen MR) is 84.6 cm³/mol. The first-order valence-corrected chi connectivity index (χ1v) is 7.78. The standard InChI is InChI=1S/C16H16ClN3O3/c17-11-6-4-10(5-7-11)14-8-12(20-23-14)9-18-16(22)13-2-1-3-15(21)19-13/h4-8,13H,1-3,9H2,(H,18,22)(H,19,21)/t13-/m1/s1. The molecule has 1 aromatic heterocycles. The summed E-state index contributed by atoms with van der Waals surface area (Å²) in [5.74, 6) is 0.328. The number of piperidine rings is 1. The number of nitrogens with zero attached hydrogens (tertiary/aromatic N) is 1. The molecule has 1 atom stereocenters. The molecule has 2 heterocycles. The van der Waals surface area contributed by atoms with E-state index in [-0.39, 0.29) is 18.4 Å². The quantitative estimate of drug-likeness (QED) is 0.899. The van der Waals surface area contributed by atoms with E-state index in [9.17, 15) is 9.59 Å². The second kappa shape index (κ2) is 6.83. The molecule has 1 saturated heterocycles. The van der Waals surface area contributed by atoms with Crippen LogP contribution in [0.5, 0.6) is 0 Å². The average molecular weight is 334 g/mol. The van der Waals surface area contributed by atoms with Gasteiger partial charge >= 0.3 is 0 Å². The summed E-state index contributed by atoms with van der Waals surface area (Å²) < 4.78 is 5.27. The molecule has 2 N–H and O–H groups in total. The molecule has 1 aliphatic rings. The van der Waals surface area contributed by atoms with Gasteiger partial charge in [0.2, 0.25) is 11.8 Å². The van der Waals surface area contributed by atoms with Gasteiger partial charge < -0.3 is 15.2 Å². The Morgan fingerprint density at radius 3 is 2.91 bits per heavy atom. The third-order valence-electron chi connectivity index (χ3n) is 3.68. The molecule has 2 amide bonds.